The summed E-state index contributed by atoms with van der Waals surface area (Å²) in [5.74, 6) is 0.374. The Labute approximate surface area is 146 Å². The van der Waals surface area contributed by atoms with Crippen molar-refractivity contribution in [1.29, 1.82) is 0 Å². The lowest BCUT2D eigenvalue weighted by Gasteiger charge is -2.08. The Morgan fingerprint density at radius 1 is 1.17 bits per heavy atom. The van der Waals surface area contributed by atoms with Gasteiger partial charge in [-0.05, 0) is 46.3 Å². The van der Waals surface area contributed by atoms with Gasteiger partial charge in [-0.25, -0.2) is 4.68 Å². The fourth-order valence-electron chi connectivity index (χ4n) is 2.18. The summed E-state index contributed by atoms with van der Waals surface area (Å²) in [6.07, 6.45) is 1.55. The second kappa shape index (κ2) is 7.27. The van der Waals surface area contributed by atoms with Crippen molar-refractivity contribution < 1.29 is 9.21 Å². The quantitative estimate of drug-likeness (QED) is 0.729. The topological polar surface area (TPSA) is 77.1 Å². The van der Waals surface area contributed by atoms with Gasteiger partial charge >= 0.3 is 0 Å². The molecule has 3 rings (SSSR count). The van der Waals surface area contributed by atoms with Crippen LogP contribution in [0.2, 0.25) is 0 Å². The molecule has 0 radical (unpaired) electrons. The van der Waals surface area contributed by atoms with Gasteiger partial charge in [0.25, 0.3) is 11.5 Å². The summed E-state index contributed by atoms with van der Waals surface area (Å²) in [6, 6.07) is 13.7. The van der Waals surface area contributed by atoms with Crippen LogP contribution in [0.1, 0.15) is 10.4 Å². The summed E-state index contributed by atoms with van der Waals surface area (Å²) in [4.78, 5) is 24.0. The van der Waals surface area contributed by atoms with Gasteiger partial charge in [-0.15, -0.1) is 0 Å². The van der Waals surface area contributed by atoms with Gasteiger partial charge in [0.05, 0.1) is 18.4 Å². The van der Waals surface area contributed by atoms with E-state index in [1.54, 1.807) is 42.7 Å². The van der Waals surface area contributed by atoms with E-state index in [2.05, 4.69) is 26.3 Å². The van der Waals surface area contributed by atoms with Crippen LogP contribution in [-0.2, 0) is 6.54 Å². The Morgan fingerprint density at radius 2 is 2.00 bits per heavy atom. The van der Waals surface area contributed by atoms with Crippen LogP contribution in [0.15, 0.2) is 68.5 Å². The second-order valence-corrected chi connectivity index (χ2v) is 5.85. The lowest BCUT2D eigenvalue weighted by Crippen LogP contribution is -2.32. The number of nitrogens with one attached hydrogen (secondary N) is 1. The van der Waals surface area contributed by atoms with Crippen molar-refractivity contribution in [1.82, 2.24) is 15.1 Å². The first-order valence-electron chi connectivity index (χ1n) is 7.30. The van der Waals surface area contributed by atoms with Gasteiger partial charge in [-0.1, -0.05) is 12.1 Å². The predicted molar refractivity (Wildman–Crippen MR) is 92.7 cm³/mol. The zero-order valence-corrected chi connectivity index (χ0v) is 14.2. The number of aromatic nitrogens is 2. The van der Waals surface area contributed by atoms with E-state index >= 15 is 0 Å². The molecule has 0 aliphatic rings. The van der Waals surface area contributed by atoms with Gasteiger partial charge in [0.15, 0.2) is 5.76 Å². The van der Waals surface area contributed by atoms with E-state index in [-0.39, 0.29) is 24.6 Å². The Kier molecular flexibility index (Phi) is 4.90. The molecule has 0 aliphatic heterocycles. The van der Waals surface area contributed by atoms with Crippen molar-refractivity contribution in [3.05, 3.63) is 75.2 Å². The summed E-state index contributed by atoms with van der Waals surface area (Å²) in [5, 5.41) is 7.03. The van der Waals surface area contributed by atoms with Crippen LogP contribution in [0, 0.1) is 0 Å². The normalized spacial score (nSPS) is 10.5. The third-order valence-electron chi connectivity index (χ3n) is 3.37. The molecule has 1 amide bonds. The molecule has 0 atom stereocenters. The number of nitrogens with zero attached hydrogens (tertiary/aromatic N) is 2. The van der Waals surface area contributed by atoms with Crippen molar-refractivity contribution in [2.45, 2.75) is 6.54 Å². The van der Waals surface area contributed by atoms with Gasteiger partial charge in [-0.3, -0.25) is 9.59 Å². The standard InChI is InChI=1S/C17H14BrN3O3/c18-13-5-2-1-4-12(13)17(23)19-9-10-21-16(22)8-7-14(20-21)15-6-3-11-24-15/h1-8,11H,9-10H2,(H,19,23). The first kappa shape index (κ1) is 16.2. The van der Waals surface area contributed by atoms with Crippen molar-refractivity contribution >= 4 is 21.8 Å². The van der Waals surface area contributed by atoms with Gasteiger partial charge < -0.3 is 9.73 Å². The number of benzene rings is 1. The number of carbonyl (C=O) groups excluding carboxylic acids is 1. The molecule has 2 heterocycles. The number of hydrogen-bond donors (Lipinski definition) is 1. The Hall–Kier alpha value is -2.67. The van der Waals surface area contributed by atoms with E-state index in [1.807, 2.05) is 6.07 Å². The minimum absolute atomic E-state index is 0.210. The third kappa shape index (κ3) is 3.62. The van der Waals surface area contributed by atoms with Crippen molar-refractivity contribution in [3.63, 3.8) is 0 Å². The highest BCUT2D eigenvalue weighted by atomic mass is 79.9. The van der Waals surface area contributed by atoms with E-state index in [0.717, 1.165) is 4.47 Å². The number of amides is 1. The maximum absolute atomic E-state index is 12.1. The molecule has 0 unspecified atom stereocenters. The molecule has 1 N–H and O–H groups in total. The molecule has 2 aromatic heterocycles. The van der Waals surface area contributed by atoms with Crippen molar-refractivity contribution in [2.75, 3.05) is 6.54 Å². The average molecular weight is 388 g/mol. The highest BCUT2D eigenvalue weighted by Gasteiger charge is 2.09. The molecule has 24 heavy (non-hydrogen) atoms. The fourth-order valence-corrected chi connectivity index (χ4v) is 2.65. The summed E-state index contributed by atoms with van der Waals surface area (Å²) in [7, 11) is 0. The minimum Gasteiger partial charge on any atom is -0.463 e. The van der Waals surface area contributed by atoms with Crippen LogP contribution in [0.5, 0.6) is 0 Å². The highest BCUT2D eigenvalue weighted by molar-refractivity contribution is 9.10. The van der Waals surface area contributed by atoms with Crippen molar-refractivity contribution in [2.24, 2.45) is 0 Å². The molecule has 0 aliphatic carbocycles. The minimum atomic E-state index is -0.236. The van der Waals surface area contributed by atoms with Gasteiger partial charge in [0, 0.05) is 17.1 Å². The van der Waals surface area contributed by atoms with Gasteiger partial charge in [0.1, 0.15) is 5.69 Å². The van der Waals surface area contributed by atoms with E-state index in [4.69, 9.17) is 4.42 Å². The zero-order valence-electron chi connectivity index (χ0n) is 12.6. The monoisotopic (exact) mass is 387 g/mol. The molecular formula is C17H14BrN3O3. The van der Waals surface area contributed by atoms with Gasteiger partial charge in [0.2, 0.25) is 0 Å². The molecule has 0 saturated carbocycles. The highest BCUT2D eigenvalue weighted by Crippen LogP contribution is 2.16. The largest absolute Gasteiger partial charge is 0.463 e. The van der Waals surface area contributed by atoms with Crippen molar-refractivity contribution in [3.8, 4) is 11.5 Å². The number of halogens is 1. The fraction of sp³-hybridized carbons (Fsp3) is 0.118. The van der Waals surface area contributed by atoms with Gasteiger partial charge in [-0.2, -0.15) is 5.10 Å². The molecule has 0 bridgehead atoms. The molecule has 7 heteroatoms. The molecular weight excluding hydrogens is 374 g/mol. The predicted octanol–water partition coefficient (Wildman–Crippen LogP) is 2.70. The molecule has 0 spiro atoms. The Morgan fingerprint density at radius 3 is 2.75 bits per heavy atom. The van der Waals surface area contributed by atoms with Crippen LogP contribution >= 0.6 is 15.9 Å². The van der Waals surface area contributed by atoms with Crippen LogP contribution in [0.4, 0.5) is 0 Å². The SMILES string of the molecule is O=C(NCCn1nc(-c2ccco2)ccc1=O)c1ccccc1Br. The molecule has 122 valence electrons. The second-order valence-electron chi connectivity index (χ2n) is 4.99. The van der Waals surface area contributed by atoms with Crippen LogP contribution in [0.25, 0.3) is 11.5 Å². The Balaban J connectivity index is 1.67. The number of hydrogen-bond acceptors (Lipinski definition) is 4. The summed E-state index contributed by atoms with van der Waals surface area (Å²) in [5.41, 5.74) is 0.874. The maximum atomic E-state index is 12.1. The number of rotatable bonds is 5. The molecule has 6 nitrogen and oxygen atoms in total. The first-order valence-corrected chi connectivity index (χ1v) is 8.09. The molecule has 3 aromatic rings. The molecule has 1 aromatic carbocycles. The van der Waals surface area contributed by atoms with Crippen LogP contribution in [-0.4, -0.2) is 22.2 Å². The van der Waals surface area contributed by atoms with E-state index in [9.17, 15) is 9.59 Å². The lowest BCUT2D eigenvalue weighted by molar-refractivity contribution is 0.0951. The molecule has 0 fully saturated rings. The smallest absolute Gasteiger partial charge is 0.266 e. The average Bonchev–Trinajstić information content (AvgIpc) is 3.11. The summed E-state index contributed by atoms with van der Waals surface area (Å²) in [6.45, 7) is 0.554. The van der Waals surface area contributed by atoms with Crippen LogP contribution in [0.3, 0.4) is 0 Å². The summed E-state index contributed by atoms with van der Waals surface area (Å²) >= 11 is 3.34. The van der Waals surface area contributed by atoms with E-state index in [1.165, 1.54) is 10.7 Å². The first-order chi connectivity index (χ1) is 11.6. The number of furan rings is 1. The summed E-state index contributed by atoms with van der Waals surface area (Å²) < 4.78 is 7.30. The maximum Gasteiger partial charge on any atom is 0.266 e. The molecule has 0 saturated heterocycles. The van der Waals surface area contributed by atoms with E-state index in [0.29, 0.717) is 17.0 Å². The zero-order chi connectivity index (χ0) is 16.9. The Bertz CT molecular complexity index is 903. The van der Waals surface area contributed by atoms with Crippen LogP contribution < -0.4 is 10.9 Å². The number of carbonyl (C=O) groups is 1. The van der Waals surface area contributed by atoms with E-state index < -0.39 is 0 Å². The third-order valence-corrected chi connectivity index (χ3v) is 4.06. The lowest BCUT2D eigenvalue weighted by atomic mass is 10.2.